The van der Waals surface area contributed by atoms with E-state index in [2.05, 4.69) is 0 Å². The lowest BCUT2D eigenvalue weighted by Crippen LogP contribution is -2.27. The lowest BCUT2D eigenvalue weighted by Gasteiger charge is -2.23. The minimum Gasteiger partial charge on any atom is -0.495 e. The Morgan fingerprint density at radius 2 is 2.00 bits per heavy atom. The predicted octanol–water partition coefficient (Wildman–Crippen LogP) is 2.69. The van der Waals surface area contributed by atoms with Crippen molar-refractivity contribution in [3.05, 3.63) is 27.7 Å². The van der Waals surface area contributed by atoms with Crippen molar-refractivity contribution in [2.24, 2.45) is 0 Å². The first-order valence-electron chi connectivity index (χ1n) is 4.80. The van der Waals surface area contributed by atoms with Crippen LogP contribution in [0, 0.1) is 0 Å². The van der Waals surface area contributed by atoms with Crippen LogP contribution in [0.3, 0.4) is 0 Å². The van der Waals surface area contributed by atoms with E-state index in [0.717, 1.165) is 0 Å². The second-order valence-corrected chi connectivity index (χ2v) is 4.56. The summed E-state index contributed by atoms with van der Waals surface area (Å²) in [5, 5.41) is 9.88. The Morgan fingerprint density at radius 3 is 2.41 bits per heavy atom. The maximum absolute atomic E-state index is 11.2. The van der Waals surface area contributed by atoms with Crippen molar-refractivity contribution >= 4 is 29.2 Å². The fraction of sp³-hybridized carbons (Fsp3) is 0.364. The van der Waals surface area contributed by atoms with Gasteiger partial charge in [0.15, 0.2) is 0 Å². The van der Waals surface area contributed by atoms with Crippen molar-refractivity contribution in [1.82, 2.24) is 4.90 Å². The molecule has 1 atom stereocenters. The van der Waals surface area contributed by atoms with Gasteiger partial charge in [0.1, 0.15) is 11.8 Å². The molecule has 1 aromatic carbocycles. The highest BCUT2D eigenvalue weighted by atomic mass is 35.5. The van der Waals surface area contributed by atoms with Crippen molar-refractivity contribution in [3.8, 4) is 5.75 Å². The summed E-state index contributed by atoms with van der Waals surface area (Å²) < 4.78 is 5.13. The van der Waals surface area contributed by atoms with Gasteiger partial charge in [-0.3, -0.25) is 9.69 Å². The van der Waals surface area contributed by atoms with E-state index < -0.39 is 12.0 Å². The zero-order valence-electron chi connectivity index (χ0n) is 9.70. The Labute approximate surface area is 110 Å². The number of ether oxygens (including phenoxy) is 1. The van der Waals surface area contributed by atoms with Crippen LogP contribution < -0.4 is 4.74 Å². The number of nitrogens with zero attached hydrogens (tertiary/aromatic N) is 1. The first-order valence-corrected chi connectivity index (χ1v) is 5.56. The van der Waals surface area contributed by atoms with E-state index in [1.54, 1.807) is 25.1 Å². The van der Waals surface area contributed by atoms with E-state index in [1.165, 1.54) is 13.2 Å². The Morgan fingerprint density at radius 1 is 1.41 bits per heavy atom. The van der Waals surface area contributed by atoms with Gasteiger partial charge in [-0.1, -0.05) is 23.2 Å². The Balaban J connectivity index is 3.41. The maximum Gasteiger partial charge on any atom is 0.325 e. The van der Waals surface area contributed by atoms with Crippen molar-refractivity contribution in [1.29, 1.82) is 0 Å². The molecule has 1 unspecified atom stereocenters. The number of hydrogen-bond acceptors (Lipinski definition) is 3. The summed E-state index contributed by atoms with van der Waals surface area (Å²) in [5.74, 6) is -0.663. The molecule has 4 nitrogen and oxygen atoms in total. The van der Waals surface area contributed by atoms with Gasteiger partial charge in [-0.05, 0) is 26.2 Å². The smallest absolute Gasteiger partial charge is 0.325 e. The highest BCUT2D eigenvalue weighted by Gasteiger charge is 2.27. The molecular weight excluding hydrogens is 265 g/mol. The molecule has 0 fully saturated rings. The largest absolute Gasteiger partial charge is 0.495 e. The van der Waals surface area contributed by atoms with Crippen molar-refractivity contribution in [2.45, 2.75) is 6.04 Å². The molecule has 0 radical (unpaired) electrons. The van der Waals surface area contributed by atoms with Gasteiger partial charge in [0.2, 0.25) is 0 Å². The van der Waals surface area contributed by atoms with E-state index in [4.69, 9.17) is 27.9 Å². The molecule has 0 aromatic heterocycles. The molecule has 6 heteroatoms. The number of carboxylic acids is 1. The van der Waals surface area contributed by atoms with Crippen LogP contribution in [0.5, 0.6) is 5.75 Å². The second-order valence-electron chi connectivity index (χ2n) is 3.71. The number of likely N-dealkylation sites (N-methyl/N-ethyl adjacent to an activating group) is 1. The van der Waals surface area contributed by atoms with Crippen LogP contribution in [-0.4, -0.2) is 37.2 Å². The number of halogens is 2. The molecule has 0 saturated carbocycles. The molecular formula is C11H13Cl2NO3. The number of aliphatic carboxylic acids is 1. The van der Waals surface area contributed by atoms with Crippen LogP contribution in [-0.2, 0) is 4.79 Å². The van der Waals surface area contributed by atoms with Crippen LogP contribution in [0.4, 0.5) is 0 Å². The lowest BCUT2D eigenvalue weighted by atomic mass is 10.0. The van der Waals surface area contributed by atoms with Gasteiger partial charge in [-0.25, -0.2) is 0 Å². The van der Waals surface area contributed by atoms with E-state index in [-0.39, 0.29) is 0 Å². The Kier molecular flexibility index (Phi) is 4.62. The van der Waals surface area contributed by atoms with E-state index in [0.29, 0.717) is 21.4 Å². The van der Waals surface area contributed by atoms with Crippen molar-refractivity contribution in [2.75, 3.05) is 21.2 Å². The summed E-state index contributed by atoms with van der Waals surface area (Å²) in [6.45, 7) is 0. The molecule has 1 aromatic rings. The summed E-state index contributed by atoms with van der Waals surface area (Å²) in [6.07, 6.45) is 0. The normalized spacial score (nSPS) is 12.6. The van der Waals surface area contributed by atoms with Gasteiger partial charge in [-0.2, -0.15) is 0 Å². The molecule has 0 amide bonds. The topological polar surface area (TPSA) is 49.8 Å². The monoisotopic (exact) mass is 277 g/mol. The van der Waals surface area contributed by atoms with Gasteiger partial charge in [0, 0.05) is 10.6 Å². The molecule has 0 bridgehead atoms. The fourth-order valence-electron chi connectivity index (χ4n) is 1.63. The Hall–Kier alpha value is -0.970. The average Bonchev–Trinajstić information content (AvgIpc) is 2.15. The van der Waals surface area contributed by atoms with Crippen LogP contribution in [0.15, 0.2) is 12.1 Å². The van der Waals surface area contributed by atoms with Gasteiger partial charge in [-0.15, -0.1) is 0 Å². The Bertz CT molecular complexity index is 435. The summed E-state index contributed by atoms with van der Waals surface area (Å²) in [4.78, 5) is 12.8. The van der Waals surface area contributed by atoms with Crippen LogP contribution in [0.1, 0.15) is 11.6 Å². The number of benzene rings is 1. The van der Waals surface area contributed by atoms with Gasteiger partial charge < -0.3 is 9.84 Å². The van der Waals surface area contributed by atoms with Gasteiger partial charge in [0.05, 0.1) is 12.1 Å². The zero-order chi connectivity index (χ0) is 13.2. The highest BCUT2D eigenvalue weighted by Crippen LogP contribution is 2.37. The molecule has 1 N–H and O–H groups in total. The number of rotatable bonds is 4. The molecule has 0 saturated heterocycles. The number of carboxylic acid groups (broad SMARTS) is 1. The lowest BCUT2D eigenvalue weighted by molar-refractivity contribution is -0.142. The second kappa shape index (κ2) is 5.58. The SMILES string of the molecule is COc1c(Cl)cc(Cl)cc1C(C(=O)O)N(C)C. The molecule has 0 aliphatic carbocycles. The third-order valence-corrected chi connectivity index (χ3v) is 2.79. The zero-order valence-corrected chi connectivity index (χ0v) is 11.2. The average molecular weight is 278 g/mol. The number of methoxy groups -OCH3 is 1. The first kappa shape index (κ1) is 14.1. The number of hydrogen-bond donors (Lipinski definition) is 1. The molecule has 0 aliphatic heterocycles. The summed E-state index contributed by atoms with van der Waals surface area (Å²) in [5.41, 5.74) is 0.433. The summed E-state index contributed by atoms with van der Waals surface area (Å²) >= 11 is 11.8. The van der Waals surface area contributed by atoms with Crippen LogP contribution >= 0.6 is 23.2 Å². The molecule has 94 valence electrons. The van der Waals surface area contributed by atoms with Gasteiger partial charge in [0.25, 0.3) is 0 Å². The summed E-state index contributed by atoms with van der Waals surface area (Å²) in [6, 6.07) is 2.20. The molecule has 0 spiro atoms. The van der Waals surface area contributed by atoms with Crippen LogP contribution in [0.25, 0.3) is 0 Å². The van der Waals surface area contributed by atoms with Crippen LogP contribution in [0.2, 0.25) is 10.0 Å². The van der Waals surface area contributed by atoms with Gasteiger partial charge >= 0.3 is 5.97 Å². The number of carbonyl (C=O) groups is 1. The quantitative estimate of drug-likeness (QED) is 0.920. The molecule has 0 aliphatic rings. The van der Waals surface area contributed by atoms with E-state index in [1.807, 2.05) is 0 Å². The molecule has 17 heavy (non-hydrogen) atoms. The standard InChI is InChI=1S/C11H13Cl2NO3/c1-14(2)9(11(15)16)7-4-6(12)5-8(13)10(7)17-3/h4-5,9H,1-3H3,(H,15,16). The third kappa shape index (κ3) is 3.03. The third-order valence-electron chi connectivity index (χ3n) is 2.29. The first-order chi connectivity index (χ1) is 7.88. The minimum atomic E-state index is -0.994. The van der Waals surface area contributed by atoms with E-state index in [9.17, 15) is 9.90 Å². The van der Waals surface area contributed by atoms with E-state index >= 15 is 0 Å². The highest BCUT2D eigenvalue weighted by molar-refractivity contribution is 6.35. The summed E-state index contributed by atoms with van der Waals surface area (Å²) in [7, 11) is 4.76. The molecule has 1 rings (SSSR count). The molecule has 0 heterocycles. The minimum absolute atomic E-state index is 0.295. The van der Waals surface area contributed by atoms with Crippen molar-refractivity contribution in [3.63, 3.8) is 0 Å². The maximum atomic E-state index is 11.2. The predicted molar refractivity (Wildman–Crippen MR) is 67.1 cm³/mol. The fourth-order valence-corrected chi connectivity index (χ4v) is 2.22. The van der Waals surface area contributed by atoms with Crippen molar-refractivity contribution < 1.29 is 14.6 Å².